The molecule has 0 bridgehead atoms. The number of rotatable bonds is 4. The summed E-state index contributed by atoms with van der Waals surface area (Å²) in [6, 6.07) is 2.25. The summed E-state index contributed by atoms with van der Waals surface area (Å²) in [5, 5.41) is 4.45. The minimum absolute atomic E-state index is 0.755. The first kappa shape index (κ1) is 10.7. The van der Waals surface area contributed by atoms with Crippen molar-refractivity contribution in [2.75, 3.05) is 0 Å². The number of halogens is 1. The predicted octanol–water partition coefficient (Wildman–Crippen LogP) is 4.63. The average molecular weight is 273 g/mol. The molecule has 1 unspecified atom stereocenters. The molecule has 0 aromatic carbocycles. The minimum atomic E-state index is 0.755. The van der Waals surface area contributed by atoms with Gasteiger partial charge in [0.2, 0.25) is 0 Å². The zero-order valence-electron chi connectivity index (χ0n) is 8.42. The minimum Gasteiger partial charge on any atom is -0.152 e. The van der Waals surface area contributed by atoms with E-state index in [1.54, 1.807) is 0 Å². The molecule has 0 spiro atoms. The van der Waals surface area contributed by atoms with Crippen LogP contribution in [0.2, 0.25) is 0 Å². The maximum atomic E-state index is 3.85. The van der Waals surface area contributed by atoms with E-state index in [4.69, 9.17) is 0 Å². The van der Waals surface area contributed by atoms with E-state index in [1.165, 1.54) is 44.1 Å². The standard InChI is InChI=1S/C12H17BrS/c13-12(11-3-1-2-4-11)6-5-10-7-8-14-9-10/h7-9,11-12H,1-6H2. The van der Waals surface area contributed by atoms with Gasteiger partial charge in [0.25, 0.3) is 0 Å². The molecule has 78 valence electrons. The Kier molecular flexibility index (Phi) is 4.06. The van der Waals surface area contributed by atoms with Gasteiger partial charge in [-0.1, -0.05) is 28.8 Å². The molecule has 0 aliphatic heterocycles. The van der Waals surface area contributed by atoms with Crippen molar-refractivity contribution in [1.82, 2.24) is 0 Å². The Hall–Kier alpha value is 0.180. The summed E-state index contributed by atoms with van der Waals surface area (Å²) in [6.07, 6.45) is 8.34. The van der Waals surface area contributed by atoms with Gasteiger partial charge >= 0.3 is 0 Å². The van der Waals surface area contributed by atoms with Gasteiger partial charge in [0.05, 0.1) is 0 Å². The van der Waals surface area contributed by atoms with Crippen LogP contribution in [0, 0.1) is 5.92 Å². The smallest absolute Gasteiger partial charge is 0.0177 e. The highest BCUT2D eigenvalue weighted by molar-refractivity contribution is 9.09. The molecule has 2 heteroatoms. The molecule has 0 amide bonds. The number of alkyl halides is 1. The summed E-state index contributed by atoms with van der Waals surface area (Å²) in [6.45, 7) is 0. The molecule has 1 atom stereocenters. The topological polar surface area (TPSA) is 0 Å². The van der Waals surface area contributed by atoms with Gasteiger partial charge in [-0.25, -0.2) is 0 Å². The summed E-state index contributed by atoms with van der Waals surface area (Å²) in [4.78, 5) is 0.755. The number of aryl methyl sites for hydroxylation is 1. The monoisotopic (exact) mass is 272 g/mol. The van der Waals surface area contributed by atoms with E-state index in [0.717, 1.165) is 10.7 Å². The van der Waals surface area contributed by atoms with E-state index in [2.05, 4.69) is 32.8 Å². The van der Waals surface area contributed by atoms with E-state index in [1.807, 2.05) is 11.3 Å². The SMILES string of the molecule is BrC(CCc1ccsc1)C1CCCC1. The molecule has 0 saturated heterocycles. The lowest BCUT2D eigenvalue weighted by atomic mass is 9.99. The molecular formula is C12H17BrS. The van der Waals surface area contributed by atoms with E-state index in [-0.39, 0.29) is 0 Å². The van der Waals surface area contributed by atoms with Gasteiger partial charge in [0.15, 0.2) is 0 Å². The van der Waals surface area contributed by atoms with Crippen molar-refractivity contribution in [3.05, 3.63) is 22.4 Å². The zero-order chi connectivity index (χ0) is 9.80. The quantitative estimate of drug-likeness (QED) is 0.701. The fourth-order valence-corrected chi connectivity index (χ4v) is 3.75. The third-order valence-electron chi connectivity index (χ3n) is 3.20. The van der Waals surface area contributed by atoms with Crippen molar-refractivity contribution in [3.8, 4) is 0 Å². The van der Waals surface area contributed by atoms with Crippen LogP contribution in [0.3, 0.4) is 0 Å². The van der Waals surface area contributed by atoms with Crippen LogP contribution in [0.25, 0.3) is 0 Å². The molecule has 2 rings (SSSR count). The molecule has 1 fully saturated rings. The lowest BCUT2D eigenvalue weighted by Crippen LogP contribution is -2.11. The second-order valence-electron chi connectivity index (χ2n) is 4.23. The predicted molar refractivity (Wildman–Crippen MR) is 67.3 cm³/mol. The molecule has 0 N–H and O–H groups in total. The summed E-state index contributed by atoms with van der Waals surface area (Å²) >= 11 is 5.66. The maximum Gasteiger partial charge on any atom is 0.0177 e. The number of thiophene rings is 1. The van der Waals surface area contributed by atoms with Gasteiger partial charge in [-0.15, -0.1) is 0 Å². The molecule has 1 aliphatic rings. The van der Waals surface area contributed by atoms with E-state index in [9.17, 15) is 0 Å². The highest BCUT2D eigenvalue weighted by Gasteiger charge is 2.22. The summed E-state index contributed by atoms with van der Waals surface area (Å²) in [5.41, 5.74) is 1.51. The van der Waals surface area contributed by atoms with Crippen molar-refractivity contribution in [2.45, 2.75) is 43.4 Å². The number of hydrogen-bond acceptors (Lipinski definition) is 1. The molecule has 1 aromatic heterocycles. The van der Waals surface area contributed by atoms with Crippen molar-refractivity contribution in [2.24, 2.45) is 5.92 Å². The van der Waals surface area contributed by atoms with Crippen LogP contribution >= 0.6 is 27.3 Å². The van der Waals surface area contributed by atoms with Gasteiger partial charge in [-0.2, -0.15) is 11.3 Å². The summed E-state index contributed by atoms with van der Waals surface area (Å²) in [7, 11) is 0. The maximum absolute atomic E-state index is 3.85. The zero-order valence-corrected chi connectivity index (χ0v) is 10.8. The first-order valence-corrected chi connectivity index (χ1v) is 7.37. The third-order valence-corrected chi connectivity index (χ3v) is 5.14. The largest absolute Gasteiger partial charge is 0.152 e. The molecule has 0 nitrogen and oxygen atoms in total. The summed E-state index contributed by atoms with van der Waals surface area (Å²) in [5.74, 6) is 0.952. The number of hydrogen-bond donors (Lipinski definition) is 0. The Morgan fingerprint density at radius 2 is 2.21 bits per heavy atom. The van der Waals surface area contributed by atoms with Crippen LogP contribution in [0.5, 0.6) is 0 Å². The van der Waals surface area contributed by atoms with Crippen LogP contribution in [0.1, 0.15) is 37.7 Å². The Balaban J connectivity index is 1.74. The fourth-order valence-electron chi connectivity index (χ4n) is 2.29. The first-order chi connectivity index (χ1) is 6.86. The molecular weight excluding hydrogens is 256 g/mol. The van der Waals surface area contributed by atoms with Gasteiger partial charge in [-0.3, -0.25) is 0 Å². The molecule has 0 radical (unpaired) electrons. The Bertz CT molecular complexity index is 249. The van der Waals surface area contributed by atoms with Crippen LogP contribution in [-0.4, -0.2) is 4.83 Å². The highest BCUT2D eigenvalue weighted by atomic mass is 79.9. The first-order valence-electron chi connectivity index (χ1n) is 5.51. The van der Waals surface area contributed by atoms with Gasteiger partial charge in [0.1, 0.15) is 0 Å². The van der Waals surface area contributed by atoms with Gasteiger partial charge < -0.3 is 0 Å². The van der Waals surface area contributed by atoms with Gasteiger partial charge in [-0.05, 0) is 54.0 Å². The highest BCUT2D eigenvalue weighted by Crippen LogP contribution is 2.33. The molecule has 14 heavy (non-hydrogen) atoms. The molecule has 1 saturated carbocycles. The lowest BCUT2D eigenvalue weighted by molar-refractivity contribution is 0.506. The van der Waals surface area contributed by atoms with E-state index < -0.39 is 0 Å². The summed E-state index contributed by atoms with van der Waals surface area (Å²) < 4.78 is 0. The molecule has 1 aromatic rings. The van der Waals surface area contributed by atoms with E-state index >= 15 is 0 Å². The van der Waals surface area contributed by atoms with Crippen LogP contribution < -0.4 is 0 Å². The van der Waals surface area contributed by atoms with Crippen molar-refractivity contribution < 1.29 is 0 Å². The molecule has 1 heterocycles. The second kappa shape index (κ2) is 5.32. The van der Waals surface area contributed by atoms with Crippen LogP contribution in [0.4, 0.5) is 0 Å². The Morgan fingerprint density at radius 1 is 1.43 bits per heavy atom. The van der Waals surface area contributed by atoms with Crippen molar-refractivity contribution in [1.29, 1.82) is 0 Å². The Labute approximate surface area is 98.9 Å². The van der Waals surface area contributed by atoms with E-state index in [0.29, 0.717) is 0 Å². The van der Waals surface area contributed by atoms with Crippen molar-refractivity contribution >= 4 is 27.3 Å². The van der Waals surface area contributed by atoms with Gasteiger partial charge in [0, 0.05) is 4.83 Å². The fraction of sp³-hybridized carbons (Fsp3) is 0.667. The Morgan fingerprint density at radius 3 is 2.86 bits per heavy atom. The van der Waals surface area contributed by atoms with Crippen LogP contribution in [0.15, 0.2) is 16.8 Å². The lowest BCUT2D eigenvalue weighted by Gasteiger charge is -2.16. The normalized spacial score (nSPS) is 20.1. The third kappa shape index (κ3) is 2.83. The molecule has 1 aliphatic carbocycles. The van der Waals surface area contributed by atoms with Crippen LogP contribution in [-0.2, 0) is 6.42 Å². The van der Waals surface area contributed by atoms with Crippen molar-refractivity contribution in [3.63, 3.8) is 0 Å². The average Bonchev–Trinajstić information content (AvgIpc) is 2.87. The second-order valence-corrected chi connectivity index (χ2v) is 6.19.